The van der Waals surface area contributed by atoms with Crippen LogP contribution in [0.1, 0.15) is 13.3 Å². The highest BCUT2D eigenvalue weighted by Gasteiger charge is 2.74. The van der Waals surface area contributed by atoms with Gasteiger partial charge in [-0.25, -0.2) is 10.1 Å². The minimum Gasteiger partial charge on any atom is -0.450 e. The van der Waals surface area contributed by atoms with Crippen molar-refractivity contribution in [2.45, 2.75) is 47.8 Å². The summed E-state index contributed by atoms with van der Waals surface area (Å²) in [5, 5.41) is 5.23. The molecule has 3 rings (SSSR count). The van der Waals surface area contributed by atoms with Gasteiger partial charge in [0, 0.05) is 6.42 Å². The maximum absolute atomic E-state index is 13.5. The molecule has 0 radical (unpaired) electrons. The van der Waals surface area contributed by atoms with E-state index in [2.05, 4.69) is 9.37 Å². The summed E-state index contributed by atoms with van der Waals surface area (Å²) in [6.07, 6.45) is -2.30. The summed E-state index contributed by atoms with van der Waals surface area (Å²) in [5.74, 6) is -2.05. The average Bonchev–Trinajstić information content (AvgIpc) is 2.96. The Balaban J connectivity index is 1.81. The number of ether oxygens (including phenoxy) is 2. The van der Waals surface area contributed by atoms with E-state index in [4.69, 9.17) is 18.9 Å². The first kappa shape index (κ1) is 16.3. The summed E-state index contributed by atoms with van der Waals surface area (Å²) in [4.78, 5) is 11.6. The van der Waals surface area contributed by atoms with E-state index in [1.165, 1.54) is 6.92 Å². The molecule has 0 aromatic heterocycles. The molecule has 13 heteroatoms. The van der Waals surface area contributed by atoms with Gasteiger partial charge in [-0.05, 0) is 6.92 Å². The second kappa shape index (κ2) is 4.96. The fourth-order valence-electron chi connectivity index (χ4n) is 3.07. The predicted octanol–water partition coefficient (Wildman–Crippen LogP) is 0.219. The molecular weight excluding hydrogens is 354 g/mol. The number of alkyl halides is 2. The van der Waals surface area contributed by atoms with Crippen molar-refractivity contribution in [1.29, 1.82) is 0 Å². The third-order valence-electron chi connectivity index (χ3n) is 3.92. The van der Waals surface area contributed by atoms with Crippen molar-refractivity contribution in [3.8, 4) is 0 Å². The Bertz CT molecular complexity index is 594. The zero-order valence-corrected chi connectivity index (χ0v) is 12.4. The van der Waals surface area contributed by atoms with Gasteiger partial charge in [-0.2, -0.15) is 17.2 Å². The van der Waals surface area contributed by atoms with Crippen LogP contribution >= 0.6 is 12.0 Å². The number of rotatable bonds is 5. The van der Waals surface area contributed by atoms with Gasteiger partial charge in [-0.3, -0.25) is 4.18 Å². The lowest BCUT2D eigenvalue weighted by atomic mass is 9.84. The van der Waals surface area contributed by atoms with E-state index in [1.54, 1.807) is 0 Å². The smallest absolute Gasteiger partial charge is 0.415 e. The van der Waals surface area contributed by atoms with Gasteiger partial charge in [-0.1, -0.05) is 5.04 Å². The quantitative estimate of drug-likeness (QED) is 0.239. The second-order valence-corrected chi connectivity index (χ2v) is 7.69. The van der Waals surface area contributed by atoms with E-state index in [0.29, 0.717) is 0 Å². The SMILES string of the molecule is CC1(OC(=O)C(F)(F)SOOO)C2CC3OS(=O)(=O)C1C3O2. The van der Waals surface area contributed by atoms with Gasteiger partial charge < -0.3 is 9.47 Å². The molecule has 3 heterocycles. The molecule has 3 aliphatic heterocycles. The normalized spacial score (nSPS) is 41.8. The average molecular weight is 364 g/mol. The van der Waals surface area contributed by atoms with Gasteiger partial charge in [0.15, 0.2) is 10.9 Å². The van der Waals surface area contributed by atoms with Crippen LogP contribution in [0.25, 0.3) is 0 Å². The molecule has 126 valence electrons. The van der Waals surface area contributed by atoms with Crippen LogP contribution in [-0.2, 0) is 37.9 Å². The van der Waals surface area contributed by atoms with Crippen molar-refractivity contribution in [1.82, 2.24) is 0 Å². The largest absolute Gasteiger partial charge is 0.450 e. The molecule has 0 amide bonds. The summed E-state index contributed by atoms with van der Waals surface area (Å²) in [6, 6.07) is 0. The highest BCUT2D eigenvalue weighted by Crippen LogP contribution is 2.54. The first-order valence-electron chi connectivity index (χ1n) is 5.96. The Hall–Kier alpha value is -0.570. The lowest BCUT2D eigenvalue weighted by Crippen LogP contribution is -2.55. The first-order valence-corrected chi connectivity index (χ1v) is 8.18. The van der Waals surface area contributed by atoms with Gasteiger partial charge in [0.2, 0.25) is 0 Å². The van der Waals surface area contributed by atoms with E-state index in [9.17, 15) is 22.0 Å². The first-order chi connectivity index (χ1) is 10.1. The molecular formula is C9H10F2O9S2. The Labute approximate surface area is 127 Å². The number of hydrogen-bond acceptors (Lipinski definition) is 10. The Kier molecular flexibility index (Phi) is 3.67. The molecule has 0 aromatic rings. The Morgan fingerprint density at radius 1 is 1.50 bits per heavy atom. The zero-order valence-electron chi connectivity index (χ0n) is 10.8. The fourth-order valence-corrected chi connectivity index (χ4v) is 5.29. The molecule has 2 bridgehead atoms. The van der Waals surface area contributed by atoms with Gasteiger partial charge in [0.25, 0.3) is 10.1 Å². The molecule has 0 aliphatic carbocycles. The van der Waals surface area contributed by atoms with E-state index >= 15 is 0 Å². The second-order valence-electron chi connectivity index (χ2n) is 5.19. The van der Waals surface area contributed by atoms with Crippen LogP contribution < -0.4 is 0 Å². The summed E-state index contributed by atoms with van der Waals surface area (Å²) in [7, 11) is -4.10. The number of hydrogen-bond donors (Lipinski definition) is 1. The minimum atomic E-state index is -4.23. The van der Waals surface area contributed by atoms with Crippen LogP contribution in [0.3, 0.4) is 0 Å². The standard InChI is InChI=1S/C9H10F2O9S2/c1-8(17-7(12)9(10,11)21-20-19-13)4-2-3-5(16-4)6(8)22(14,15)18-3/h3-6,13H,2H2,1H3. The van der Waals surface area contributed by atoms with Crippen LogP contribution in [0.15, 0.2) is 0 Å². The number of esters is 1. The Morgan fingerprint density at radius 2 is 2.18 bits per heavy atom. The monoisotopic (exact) mass is 364 g/mol. The molecule has 3 fully saturated rings. The fraction of sp³-hybridized carbons (Fsp3) is 0.889. The molecule has 1 N–H and O–H groups in total. The molecule has 9 nitrogen and oxygen atoms in total. The van der Waals surface area contributed by atoms with Crippen molar-refractivity contribution >= 4 is 28.1 Å². The molecule has 3 saturated heterocycles. The lowest BCUT2D eigenvalue weighted by Gasteiger charge is -2.33. The van der Waals surface area contributed by atoms with E-state index < -0.39 is 62.5 Å². The third kappa shape index (κ3) is 2.23. The minimum absolute atomic E-state index is 0.110. The molecule has 22 heavy (non-hydrogen) atoms. The van der Waals surface area contributed by atoms with Gasteiger partial charge in [0.1, 0.15) is 30.4 Å². The molecule has 0 spiro atoms. The van der Waals surface area contributed by atoms with Crippen LogP contribution in [0.5, 0.6) is 0 Å². The maximum Gasteiger partial charge on any atom is 0.415 e. The number of carbonyl (C=O) groups excluding carboxylic acids is 1. The van der Waals surface area contributed by atoms with Crippen molar-refractivity contribution in [3.63, 3.8) is 0 Å². The van der Waals surface area contributed by atoms with Crippen molar-refractivity contribution in [3.05, 3.63) is 0 Å². The molecule has 5 atom stereocenters. The van der Waals surface area contributed by atoms with Gasteiger partial charge in [0.05, 0.1) is 0 Å². The van der Waals surface area contributed by atoms with E-state index in [-0.39, 0.29) is 6.42 Å². The maximum atomic E-state index is 13.5. The third-order valence-corrected chi connectivity index (χ3v) is 6.30. The van der Waals surface area contributed by atoms with Crippen LogP contribution in [0.4, 0.5) is 8.78 Å². The van der Waals surface area contributed by atoms with Crippen molar-refractivity contribution in [2.24, 2.45) is 0 Å². The molecule has 3 aliphatic rings. The van der Waals surface area contributed by atoms with Crippen LogP contribution in [-0.4, -0.2) is 54.1 Å². The Morgan fingerprint density at radius 3 is 2.82 bits per heavy atom. The highest BCUT2D eigenvalue weighted by atomic mass is 32.2. The highest BCUT2D eigenvalue weighted by molar-refractivity contribution is 7.96. The van der Waals surface area contributed by atoms with Crippen LogP contribution in [0, 0.1) is 0 Å². The van der Waals surface area contributed by atoms with Gasteiger partial charge in [-0.15, -0.1) is 4.33 Å². The number of fused-ring (bicyclic) bond motifs is 1. The summed E-state index contributed by atoms with van der Waals surface area (Å²) in [6.45, 7) is 1.20. The summed E-state index contributed by atoms with van der Waals surface area (Å²) < 4.78 is 69.3. The van der Waals surface area contributed by atoms with E-state index in [1.807, 2.05) is 0 Å². The lowest BCUT2D eigenvalue weighted by molar-refractivity contribution is -0.433. The molecule has 0 saturated carbocycles. The van der Waals surface area contributed by atoms with Gasteiger partial charge >= 0.3 is 11.2 Å². The topological polar surface area (TPSA) is 118 Å². The number of carbonyl (C=O) groups is 1. The molecule has 0 aromatic carbocycles. The van der Waals surface area contributed by atoms with Crippen molar-refractivity contribution < 1.29 is 50.3 Å². The van der Waals surface area contributed by atoms with E-state index in [0.717, 1.165) is 0 Å². The zero-order chi connectivity index (χ0) is 16.3. The predicted molar refractivity (Wildman–Crippen MR) is 62.7 cm³/mol. The summed E-state index contributed by atoms with van der Waals surface area (Å²) in [5.41, 5.74) is -1.81. The summed E-state index contributed by atoms with van der Waals surface area (Å²) >= 11 is -0.794. The number of halogens is 2. The van der Waals surface area contributed by atoms with Crippen molar-refractivity contribution in [2.75, 3.05) is 0 Å². The molecule has 5 unspecified atom stereocenters. The van der Waals surface area contributed by atoms with Crippen LogP contribution in [0.2, 0.25) is 0 Å².